The number of ether oxygens (including phenoxy) is 1. The number of alkyl halides is 2. The lowest BCUT2D eigenvalue weighted by atomic mass is 9.82. The number of amides is 1. The number of hydrogen-bond donors (Lipinski definition) is 1. The third-order valence-corrected chi connectivity index (χ3v) is 4.50. The maximum absolute atomic E-state index is 14.0. The number of piperidine rings is 1. The largest absolute Gasteiger partial charge is 0.369 e. The van der Waals surface area contributed by atoms with Crippen LogP contribution in [-0.2, 0) is 11.2 Å². The third-order valence-electron chi connectivity index (χ3n) is 4.50. The van der Waals surface area contributed by atoms with Crippen LogP contribution in [0.5, 0.6) is 0 Å². The van der Waals surface area contributed by atoms with E-state index in [0.717, 1.165) is 11.3 Å². The summed E-state index contributed by atoms with van der Waals surface area (Å²) in [7, 11) is 0. The zero-order valence-corrected chi connectivity index (χ0v) is 13.9. The molecule has 128 valence electrons. The second-order valence-corrected chi connectivity index (χ2v) is 7.62. The normalized spacial score (nSPS) is 29.2. The van der Waals surface area contributed by atoms with Gasteiger partial charge in [0.05, 0.1) is 24.4 Å². The van der Waals surface area contributed by atoms with Gasteiger partial charge in [0.25, 0.3) is 11.8 Å². The van der Waals surface area contributed by atoms with Crippen molar-refractivity contribution < 1.29 is 18.3 Å². The minimum Gasteiger partial charge on any atom is -0.369 e. The van der Waals surface area contributed by atoms with E-state index in [1.165, 1.54) is 4.90 Å². The van der Waals surface area contributed by atoms with Crippen LogP contribution in [0.2, 0.25) is 0 Å². The highest BCUT2D eigenvalue weighted by molar-refractivity contribution is 5.94. The number of nitrogens with one attached hydrogen (secondary N) is 1. The number of nitrogens with zero attached hydrogens (tertiary/aromatic N) is 2. The first-order valence-electron chi connectivity index (χ1n) is 7.98. The van der Waals surface area contributed by atoms with Crippen molar-refractivity contribution in [3.05, 3.63) is 17.0 Å². The van der Waals surface area contributed by atoms with Crippen molar-refractivity contribution in [3.8, 4) is 0 Å². The van der Waals surface area contributed by atoms with E-state index in [-0.39, 0.29) is 24.3 Å². The molecule has 0 spiro atoms. The van der Waals surface area contributed by atoms with E-state index < -0.39 is 23.8 Å². The van der Waals surface area contributed by atoms with Gasteiger partial charge in [-0.2, -0.15) is 5.10 Å². The highest BCUT2D eigenvalue weighted by atomic mass is 19.3. The molecular weight excluding hydrogens is 304 g/mol. The summed E-state index contributed by atoms with van der Waals surface area (Å²) in [4.78, 5) is 14.0. The zero-order valence-electron chi connectivity index (χ0n) is 13.9. The maximum atomic E-state index is 14.0. The number of carbonyl (C=O) groups excluding carboxylic acids is 1. The molecule has 3 rings (SSSR count). The standard InChI is InChI=1S/C16H23F2N3O2/c1-9-5-11-12(10(2)23-9)19-20-13(11)14(22)21-7-15(3,4)6-16(17,18)8-21/h9-10H,5-8H2,1-4H3,(H,19,20)/t9-,10+/m1/s1. The van der Waals surface area contributed by atoms with E-state index in [1.54, 1.807) is 13.8 Å². The molecule has 1 amide bonds. The molecule has 7 heteroatoms. The van der Waals surface area contributed by atoms with Crippen molar-refractivity contribution in [2.24, 2.45) is 5.41 Å². The second-order valence-electron chi connectivity index (χ2n) is 7.62. The van der Waals surface area contributed by atoms with Crippen LogP contribution < -0.4 is 0 Å². The molecule has 0 unspecified atom stereocenters. The van der Waals surface area contributed by atoms with Gasteiger partial charge in [0.15, 0.2) is 5.69 Å². The van der Waals surface area contributed by atoms with Gasteiger partial charge in [-0.15, -0.1) is 0 Å². The Kier molecular flexibility index (Phi) is 3.74. The fourth-order valence-corrected chi connectivity index (χ4v) is 3.81. The van der Waals surface area contributed by atoms with Crippen molar-refractivity contribution in [1.82, 2.24) is 15.1 Å². The van der Waals surface area contributed by atoms with Gasteiger partial charge in [-0.1, -0.05) is 13.8 Å². The summed E-state index contributed by atoms with van der Waals surface area (Å²) < 4.78 is 33.6. The summed E-state index contributed by atoms with van der Waals surface area (Å²) >= 11 is 0. The molecular formula is C16H23F2N3O2. The molecule has 0 aromatic carbocycles. The molecule has 1 N–H and O–H groups in total. The van der Waals surface area contributed by atoms with Crippen molar-refractivity contribution in [1.29, 1.82) is 0 Å². The summed E-state index contributed by atoms with van der Waals surface area (Å²) in [5.74, 6) is -3.28. The highest BCUT2D eigenvalue weighted by Crippen LogP contribution is 2.39. The number of hydrogen-bond acceptors (Lipinski definition) is 3. The maximum Gasteiger partial charge on any atom is 0.274 e. The molecule has 2 atom stereocenters. The van der Waals surface area contributed by atoms with Gasteiger partial charge in [-0.05, 0) is 19.3 Å². The highest BCUT2D eigenvalue weighted by Gasteiger charge is 2.46. The number of aromatic nitrogens is 2. The average molecular weight is 327 g/mol. The van der Waals surface area contributed by atoms with Gasteiger partial charge in [0.1, 0.15) is 0 Å². The van der Waals surface area contributed by atoms with Crippen LogP contribution >= 0.6 is 0 Å². The summed E-state index contributed by atoms with van der Waals surface area (Å²) in [6.45, 7) is 7.11. The molecule has 1 aromatic rings. The van der Waals surface area contributed by atoms with E-state index in [0.29, 0.717) is 13.0 Å². The fraction of sp³-hybridized carbons (Fsp3) is 0.750. The Morgan fingerprint density at radius 1 is 1.35 bits per heavy atom. The Morgan fingerprint density at radius 3 is 2.70 bits per heavy atom. The Bertz CT molecular complexity index is 611. The number of aromatic amines is 1. The van der Waals surface area contributed by atoms with E-state index in [9.17, 15) is 13.6 Å². The molecule has 0 aliphatic carbocycles. The number of likely N-dealkylation sites (tertiary alicyclic amines) is 1. The van der Waals surface area contributed by atoms with Crippen molar-refractivity contribution in [3.63, 3.8) is 0 Å². The number of fused-ring (bicyclic) bond motifs is 1. The second kappa shape index (κ2) is 5.26. The van der Waals surface area contributed by atoms with Crippen LogP contribution in [0.3, 0.4) is 0 Å². The van der Waals surface area contributed by atoms with Crippen LogP contribution in [0.1, 0.15) is 62.0 Å². The smallest absolute Gasteiger partial charge is 0.274 e. The van der Waals surface area contributed by atoms with E-state index in [4.69, 9.17) is 4.74 Å². The SMILES string of the molecule is C[C@@H]1Cc2c(C(=O)N3CC(C)(C)CC(F)(F)C3)n[nH]c2[C@H](C)O1. The molecule has 3 heterocycles. The molecule has 1 saturated heterocycles. The molecule has 0 saturated carbocycles. The van der Waals surface area contributed by atoms with Gasteiger partial charge in [-0.3, -0.25) is 9.89 Å². The van der Waals surface area contributed by atoms with Gasteiger partial charge in [-0.25, -0.2) is 8.78 Å². The lowest BCUT2D eigenvalue weighted by Crippen LogP contribution is -2.53. The topological polar surface area (TPSA) is 58.2 Å². The molecule has 2 aliphatic heterocycles. The van der Waals surface area contributed by atoms with Crippen LogP contribution in [-0.4, -0.2) is 46.1 Å². The van der Waals surface area contributed by atoms with Crippen LogP contribution in [0.15, 0.2) is 0 Å². The Hall–Kier alpha value is -1.50. The van der Waals surface area contributed by atoms with Gasteiger partial charge in [0, 0.05) is 24.9 Å². The Morgan fingerprint density at radius 2 is 2.04 bits per heavy atom. The fourth-order valence-electron chi connectivity index (χ4n) is 3.81. The monoisotopic (exact) mass is 327 g/mol. The molecule has 2 aliphatic rings. The first-order valence-corrected chi connectivity index (χ1v) is 7.98. The lowest BCUT2D eigenvalue weighted by Gasteiger charge is -2.42. The van der Waals surface area contributed by atoms with Crippen molar-refractivity contribution in [2.45, 2.75) is 58.7 Å². The molecule has 1 aromatic heterocycles. The van der Waals surface area contributed by atoms with Crippen molar-refractivity contribution in [2.75, 3.05) is 13.1 Å². The number of rotatable bonds is 1. The molecule has 1 fully saturated rings. The molecule has 0 bridgehead atoms. The minimum atomic E-state index is -2.86. The Labute approximate surface area is 134 Å². The van der Waals surface area contributed by atoms with Crippen molar-refractivity contribution >= 4 is 5.91 Å². The van der Waals surface area contributed by atoms with Crippen LogP contribution in [0, 0.1) is 5.41 Å². The number of carbonyl (C=O) groups is 1. The van der Waals surface area contributed by atoms with Crippen LogP contribution in [0.25, 0.3) is 0 Å². The van der Waals surface area contributed by atoms with E-state index >= 15 is 0 Å². The number of halogens is 2. The summed E-state index contributed by atoms with van der Waals surface area (Å²) in [5.41, 5.74) is 1.22. The summed E-state index contributed by atoms with van der Waals surface area (Å²) in [6.07, 6.45) is 0.151. The van der Waals surface area contributed by atoms with E-state index in [2.05, 4.69) is 10.2 Å². The first-order chi connectivity index (χ1) is 10.6. The van der Waals surface area contributed by atoms with Gasteiger partial charge >= 0.3 is 0 Å². The molecule has 5 nitrogen and oxygen atoms in total. The van der Waals surface area contributed by atoms with Crippen LogP contribution in [0.4, 0.5) is 8.78 Å². The summed E-state index contributed by atoms with van der Waals surface area (Å²) in [6, 6.07) is 0. The van der Waals surface area contributed by atoms with Gasteiger partial charge < -0.3 is 9.64 Å². The predicted octanol–water partition coefficient (Wildman–Crippen LogP) is 2.94. The minimum absolute atomic E-state index is 0.0270. The molecule has 0 radical (unpaired) electrons. The quantitative estimate of drug-likeness (QED) is 0.863. The third kappa shape index (κ3) is 3.11. The number of H-pyrrole nitrogens is 1. The average Bonchev–Trinajstić information content (AvgIpc) is 2.77. The first kappa shape index (κ1) is 16.4. The van der Waals surface area contributed by atoms with E-state index in [1.807, 2.05) is 13.8 Å². The molecule has 23 heavy (non-hydrogen) atoms. The lowest BCUT2D eigenvalue weighted by molar-refractivity contribution is -0.0960. The predicted molar refractivity (Wildman–Crippen MR) is 80.5 cm³/mol. The Balaban J connectivity index is 1.90. The summed E-state index contributed by atoms with van der Waals surface area (Å²) in [5, 5.41) is 6.96. The zero-order chi connectivity index (χ0) is 17.0. The van der Waals surface area contributed by atoms with Gasteiger partial charge in [0.2, 0.25) is 0 Å².